The topological polar surface area (TPSA) is 76.8 Å². The van der Waals surface area contributed by atoms with Gasteiger partial charge in [0.2, 0.25) is 0 Å². The van der Waals surface area contributed by atoms with E-state index in [1.54, 1.807) is 17.0 Å². The molecule has 0 aliphatic carbocycles. The van der Waals surface area contributed by atoms with Crippen LogP contribution in [0.3, 0.4) is 0 Å². The van der Waals surface area contributed by atoms with Crippen LogP contribution < -0.4 is 5.56 Å². The molecule has 0 radical (unpaired) electrons. The van der Waals surface area contributed by atoms with E-state index in [1.807, 2.05) is 13.8 Å². The van der Waals surface area contributed by atoms with Gasteiger partial charge in [-0.3, -0.25) is 9.36 Å². The maximum Gasteiger partial charge on any atom is 0.253 e. The Balaban J connectivity index is 1.50. The molecule has 0 aromatic carbocycles. The van der Waals surface area contributed by atoms with E-state index in [0.717, 1.165) is 31.6 Å². The second kappa shape index (κ2) is 8.61. The van der Waals surface area contributed by atoms with Gasteiger partial charge in [-0.25, -0.2) is 4.98 Å². The number of likely N-dealkylation sites (tertiary alicyclic amines) is 1. The average molecular weight is 365 g/mol. The first-order chi connectivity index (χ1) is 12.5. The summed E-state index contributed by atoms with van der Waals surface area (Å²) in [5.74, 6) is 0.732. The predicted molar refractivity (Wildman–Crippen MR) is 98.3 cm³/mol. The van der Waals surface area contributed by atoms with E-state index in [0.29, 0.717) is 45.4 Å². The van der Waals surface area contributed by atoms with Crippen molar-refractivity contribution in [3.05, 3.63) is 28.4 Å². The fourth-order valence-corrected chi connectivity index (χ4v) is 3.69. The lowest BCUT2D eigenvalue weighted by Gasteiger charge is -2.37. The lowest BCUT2D eigenvalue weighted by Crippen LogP contribution is -2.51. The first-order valence-electron chi connectivity index (χ1n) is 9.62. The van der Waals surface area contributed by atoms with Gasteiger partial charge in [-0.05, 0) is 37.8 Å². The molecular weight excluding hydrogens is 334 g/mol. The summed E-state index contributed by atoms with van der Waals surface area (Å²) < 4.78 is 12.6. The Morgan fingerprint density at radius 2 is 1.92 bits per heavy atom. The van der Waals surface area contributed by atoms with Crippen LogP contribution in [0, 0.1) is 5.92 Å². The van der Waals surface area contributed by atoms with Crippen molar-refractivity contribution in [2.75, 3.05) is 46.1 Å². The Bertz CT molecular complexity index is 630. The van der Waals surface area contributed by atoms with E-state index in [-0.39, 0.29) is 11.5 Å². The van der Waals surface area contributed by atoms with Gasteiger partial charge < -0.3 is 19.5 Å². The van der Waals surface area contributed by atoms with E-state index < -0.39 is 5.60 Å². The van der Waals surface area contributed by atoms with Gasteiger partial charge in [0, 0.05) is 19.2 Å². The van der Waals surface area contributed by atoms with Crippen molar-refractivity contribution in [1.82, 2.24) is 14.5 Å². The highest BCUT2D eigenvalue weighted by atomic mass is 16.6. The van der Waals surface area contributed by atoms with Gasteiger partial charge in [0.1, 0.15) is 5.60 Å². The van der Waals surface area contributed by atoms with Crippen molar-refractivity contribution in [1.29, 1.82) is 0 Å². The molecule has 0 saturated carbocycles. The van der Waals surface area contributed by atoms with Crippen molar-refractivity contribution in [3.63, 3.8) is 0 Å². The molecule has 2 aliphatic heterocycles. The number of aliphatic hydroxyl groups is 1. The molecule has 0 atom stereocenters. The first kappa shape index (κ1) is 19.5. The number of ether oxygens (including phenoxy) is 2. The van der Waals surface area contributed by atoms with Crippen molar-refractivity contribution in [2.24, 2.45) is 5.92 Å². The molecule has 1 aromatic heterocycles. The summed E-state index contributed by atoms with van der Waals surface area (Å²) in [7, 11) is 0. The maximum atomic E-state index is 12.3. The standard InChI is InChI=1S/C19H31N3O4/c1-15(2)17-9-18(23)22(14-20-17)10-16-3-5-21(6-4-16)11-19(24)12-25-7-8-26-13-19/h9,14-16,24H,3-8,10-13H2,1-2H3. The zero-order valence-electron chi connectivity index (χ0n) is 15.9. The van der Waals surface area contributed by atoms with Crippen LogP contribution in [0.5, 0.6) is 0 Å². The van der Waals surface area contributed by atoms with Crippen LogP contribution in [0.2, 0.25) is 0 Å². The van der Waals surface area contributed by atoms with E-state index in [2.05, 4.69) is 9.88 Å². The number of nitrogens with zero attached hydrogens (tertiary/aromatic N) is 3. The molecule has 2 saturated heterocycles. The maximum absolute atomic E-state index is 12.3. The summed E-state index contributed by atoms with van der Waals surface area (Å²) in [5.41, 5.74) is -0.0352. The Hall–Kier alpha value is -1.28. The van der Waals surface area contributed by atoms with Crippen LogP contribution in [-0.4, -0.2) is 71.2 Å². The number of hydrogen-bond donors (Lipinski definition) is 1. The highest BCUT2D eigenvalue weighted by molar-refractivity contribution is 5.04. The molecule has 1 aromatic rings. The van der Waals surface area contributed by atoms with Crippen LogP contribution in [0.1, 0.15) is 38.3 Å². The normalized spacial score (nSPS) is 22.5. The summed E-state index contributed by atoms with van der Waals surface area (Å²) in [6.07, 6.45) is 3.71. The molecule has 2 fully saturated rings. The van der Waals surface area contributed by atoms with Gasteiger partial charge in [0.15, 0.2) is 0 Å². The van der Waals surface area contributed by atoms with Crippen LogP contribution in [-0.2, 0) is 16.0 Å². The largest absolute Gasteiger partial charge is 0.384 e. The Kier molecular flexibility index (Phi) is 6.45. The minimum atomic E-state index is -0.920. The molecule has 0 unspecified atom stereocenters. The molecule has 2 aliphatic rings. The predicted octanol–water partition coefficient (Wildman–Crippen LogP) is 0.857. The lowest BCUT2D eigenvalue weighted by atomic mass is 9.95. The zero-order valence-corrected chi connectivity index (χ0v) is 15.9. The summed E-state index contributed by atoms with van der Waals surface area (Å²) in [6.45, 7) is 8.95. The van der Waals surface area contributed by atoms with Crippen LogP contribution in [0.15, 0.2) is 17.2 Å². The molecule has 26 heavy (non-hydrogen) atoms. The Labute approximate surface area is 154 Å². The monoisotopic (exact) mass is 365 g/mol. The lowest BCUT2D eigenvalue weighted by molar-refractivity contribution is -0.0780. The quantitative estimate of drug-likeness (QED) is 0.834. The molecule has 0 bridgehead atoms. The summed E-state index contributed by atoms with van der Waals surface area (Å²) in [5, 5.41) is 10.7. The summed E-state index contributed by atoms with van der Waals surface area (Å²) >= 11 is 0. The second-order valence-corrected chi connectivity index (χ2v) is 8.01. The van der Waals surface area contributed by atoms with E-state index in [9.17, 15) is 9.90 Å². The fourth-order valence-electron chi connectivity index (χ4n) is 3.69. The average Bonchev–Trinajstić information content (AvgIpc) is 2.82. The van der Waals surface area contributed by atoms with Gasteiger partial charge in [0.05, 0.1) is 38.4 Å². The number of hydrogen-bond acceptors (Lipinski definition) is 6. The van der Waals surface area contributed by atoms with E-state index >= 15 is 0 Å². The van der Waals surface area contributed by atoms with E-state index in [4.69, 9.17) is 9.47 Å². The third-order valence-corrected chi connectivity index (χ3v) is 5.29. The number of rotatable bonds is 5. The molecule has 0 spiro atoms. The molecule has 0 amide bonds. The van der Waals surface area contributed by atoms with Crippen molar-refractivity contribution in [3.8, 4) is 0 Å². The molecule has 7 nitrogen and oxygen atoms in total. The summed E-state index contributed by atoms with van der Waals surface area (Å²) in [6, 6.07) is 1.65. The molecule has 3 heterocycles. The SMILES string of the molecule is CC(C)c1cc(=O)n(CC2CCN(CC3(O)COCCOC3)CC2)cn1. The minimum Gasteiger partial charge on any atom is -0.384 e. The van der Waals surface area contributed by atoms with Crippen molar-refractivity contribution < 1.29 is 14.6 Å². The van der Waals surface area contributed by atoms with Crippen LogP contribution >= 0.6 is 0 Å². The number of aromatic nitrogens is 2. The summed E-state index contributed by atoms with van der Waals surface area (Å²) in [4.78, 5) is 19.0. The van der Waals surface area contributed by atoms with Gasteiger partial charge in [0.25, 0.3) is 5.56 Å². The van der Waals surface area contributed by atoms with Crippen LogP contribution in [0.25, 0.3) is 0 Å². The highest BCUT2D eigenvalue weighted by Crippen LogP contribution is 2.21. The van der Waals surface area contributed by atoms with Crippen molar-refractivity contribution >= 4 is 0 Å². The smallest absolute Gasteiger partial charge is 0.253 e. The van der Waals surface area contributed by atoms with Gasteiger partial charge in [-0.15, -0.1) is 0 Å². The molecule has 7 heteroatoms. The zero-order chi connectivity index (χ0) is 18.6. The molecule has 3 rings (SSSR count). The second-order valence-electron chi connectivity index (χ2n) is 8.01. The molecule has 146 valence electrons. The molecule has 1 N–H and O–H groups in total. The third-order valence-electron chi connectivity index (χ3n) is 5.29. The number of β-amino-alcohol motifs (C(OH)–C–C–N with tert-alkyl or cyclic N) is 1. The third kappa shape index (κ3) is 5.13. The number of piperidine rings is 1. The fraction of sp³-hybridized carbons (Fsp3) is 0.789. The van der Waals surface area contributed by atoms with Crippen molar-refractivity contribution in [2.45, 2.75) is 44.8 Å². The first-order valence-corrected chi connectivity index (χ1v) is 9.62. The van der Waals surface area contributed by atoms with Gasteiger partial charge in [-0.2, -0.15) is 0 Å². The Morgan fingerprint density at radius 3 is 2.50 bits per heavy atom. The highest BCUT2D eigenvalue weighted by Gasteiger charge is 2.33. The van der Waals surface area contributed by atoms with Gasteiger partial charge >= 0.3 is 0 Å². The molecular formula is C19H31N3O4. The Morgan fingerprint density at radius 1 is 1.27 bits per heavy atom. The van der Waals surface area contributed by atoms with E-state index in [1.165, 1.54) is 0 Å². The minimum absolute atomic E-state index is 0.0354. The van der Waals surface area contributed by atoms with Crippen LogP contribution in [0.4, 0.5) is 0 Å². The van der Waals surface area contributed by atoms with Gasteiger partial charge in [-0.1, -0.05) is 13.8 Å².